The van der Waals surface area contributed by atoms with E-state index < -0.39 is 6.10 Å². The molecule has 150 valence electrons. The summed E-state index contributed by atoms with van der Waals surface area (Å²) in [4.78, 5) is 6.89. The lowest BCUT2D eigenvalue weighted by atomic mass is 10.1. The summed E-state index contributed by atoms with van der Waals surface area (Å²) >= 11 is 5.91. The van der Waals surface area contributed by atoms with Gasteiger partial charge in [0.1, 0.15) is 11.9 Å². The van der Waals surface area contributed by atoms with Gasteiger partial charge < -0.3 is 20.1 Å². The Labute approximate surface area is 172 Å². The Morgan fingerprint density at radius 3 is 2.50 bits per heavy atom. The quantitative estimate of drug-likeness (QED) is 0.569. The maximum atomic E-state index is 10.4. The first-order chi connectivity index (χ1) is 13.7. The van der Waals surface area contributed by atoms with Crippen molar-refractivity contribution in [3.05, 3.63) is 65.2 Å². The Morgan fingerprint density at radius 2 is 1.86 bits per heavy atom. The predicted molar refractivity (Wildman–Crippen MR) is 114 cm³/mol. The summed E-state index contributed by atoms with van der Waals surface area (Å²) in [7, 11) is 0. The first-order valence-corrected chi connectivity index (χ1v) is 10.2. The van der Waals surface area contributed by atoms with Gasteiger partial charge in [0.2, 0.25) is 0 Å². The third-order valence-electron chi connectivity index (χ3n) is 4.79. The number of ether oxygens (including phenoxy) is 1. The van der Waals surface area contributed by atoms with E-state index in [1.807, 2.05) is 42.5 Å². The van der Waals surface area contributed by atoms with Crippen molar-refractivity contribution in [2.75, 3.05) is 26.2 Å². The highest BCUT2D eigenvalue weighted by Gasteiger charge is 2.23. The molecule has 1 aliphatic heterocycles. The van der Waals surface area contributed by atoms with Crippen molar-refractivity contribution in [3.63, 3.8) is 0 Å². The molecule has 0 radical (unpaired) electrons. The Hall–Kier alpha value is -2.24. The van der Waals surface area contributed by atoms with Crippen LogP contribution in [0.15, 0.2) is 59.6 Å². The highest BCUT2D eigenvalue weighted by Crippen LogP contribution is 2.20. The molecule has 0 amide bonds. The first kappa shape index (κ1) is 20.5. The van der Waals surface area contributed by atoms with Crippen molar-refractivity contribution in [1.82, 2.24) is 10.2 Å². The zero-order chi connectivity index (χ0) is 19.8. The van der Waals surface area contributed by atoms with Gasteiger partial charge in [0.25, 0.3) is 0 Å². The minimum atomic E-state index is -0.648. The fourth-order valence-corrected chi connectivity index (χ4v) is 3.39. The number of benzene rings is 2. The maximum absolute atomic E-state index is 10.4. The first-order valence-electron chi connectivity index (χ1n) is 9.84. The van der Waals surface area contributed by atoms with Gasteiger partial charge in [-0.1, -0.05) is 41.9 Å². The summed E-state index contributed by atoms with van der Waals surface area (Å²) in [6.07, 6.45) is 1.46. The number of aliphatic hydroxyl groups excluding tert-OH is 1. The van der Waals surface area contributed by atoms with Gasteiger partial charge in [-0.05, 0) is 36.8 Å². The molecule has 3 rings (SSSR count). The van der Waals surface area contributed by atoms with Crippen LogP contribution >= 0.6 is 11.6 Å². The van der Waals surface area contributed by atoms with Crippen molar-refractivity contribution >= 4 is 17.6 Å². The number of nitrogens with one attached hydrogen (secondary N) is 1. The van der Waals surface area contributed by atoms with Crippen molar-refractivity contribution in [1.29, 1.82) is 0 Å². The molecule has 0 saturated carbocycles. The summed E-state index contributed by atoms with van der Waals surface area (Å²) in [5, 5.41) is 14.4. The number of aliphatic hydroxyl groups is 1. The van der Waals surface area contributed by atoms with Crippen LogP contribution in [0.4, 0.5) is 0 Å². The van der Waals surface area contributed by atoms with E-state index in [1.165, 1.54) is 0 Å². The third kappa shape index (κ3) is 5.88. The van der Waals surface area contributed by atoms with Crippen LogP contribution in [0, 0.1) is 0 Å². The van der Waals surface area contributed by atoms with Gasteiger partial charge in [0.15, 0.2) is 5.96 Å². The molecule has 1 unspecified atom stereocenters. The average Bonchev–Trinajstić information content (AvgIpc) is 2.73. The minimum Gasteiger partial charge on any atom is -0.490 e. The molecule has 0 bridgehead atoms. The SMILES string of the molecule is CCNC(=NCC(O)c1ccc(Cl)cc1)N1CCC(Oc2ccccc2)CC1. The molecular formula is C22H28ClN3O2. The van der Waals surface area contributed by atoms with Gasteiger partial charge in [0.05, 0.1) is 12.6 Å². The molecular weight excluding hydrogens is 374 g/mol. The van der Waals surface area contributed by atoms with Gasteiger partial charge >= 0.3 is 0 Å². The van der Waals surface area contributed by atoms with Crippen LogP contribution in [0.25, 0.3) is 0 Å². The fourth-order valence-electron chi connectivity index (χ4n) is 3.27. The van der Waals surface area contributed by atoms with Gasteiger partial charge in [0, 0.05) is 37.5 Å². The number of aliphatic imine (C=N–C) groups is 1. The van der Waals surface area contributed by atoms with Gasteiger partial charge in [-0.2, -0.15) is 0 Å². The zero-order valence-corrected chi connectivity index (χ0v) is 17.0. The van der Waals surface area contributed by atoms with Gasteiger partial charge in [-0.3, -0.25) is 4.99 Å². The molecule has 1 fully saturated rings. The fraction of sp³-hybridized carbons (Fsp3) is 0.409. The van der Waals surface area contributed by atoms with Crippen molar-refractivity contribution in [3.8, 4) is 5.75 Å². The lowest BCUT2D eigenvalue weighted by molar-refractivity contribution is 0.129. The average molecular weight is 402 g/mol. The third-order valence-corrected chi connectivity index (χ3v) is 5.04. The monoisotopic (exact) mass is 401 g/mol. The minimum absolute atomic E-state index is 0.223. The molecule has 0 spiro atoms. The Kier molecular flexibility index (Phi) is 7.57. The molecule has 1 saturated heterocycles. The van der Waals surface area contributed by atoms with Crippen LogP contribution in [0.1, 0.15) is 31.4 Å². The Balaban J connectivity index is 1.55. The van der Waals surface area contributed by atoms with E-state index >= 15 is 0 Å². The molecule has 5 nitrogen and oxygen atoms in total. The number of guanidine groups is 1. The van der Waals surface area contributed by atoms with E-state index in [9.17, 15) is 5.11 Å². The van der Waals surface area contributed by atoms with E-state index in [-0.39, 0.29) is 6.10 Å². The smallest absolute Gasteiger partial charge is 0.194 e. The predicted octanol–water partition coefficient (Wildman–Crippen LogP) is 3.88. The lowest BCUT2D eigenvalue weighted by Crippen LogP contribution is -2.47. The maximum Gasteiger partial charge on any atom is 0.194 e. The largest absolute Gasteiger partial charge is 0.490 e. The topological polar surface area (TPSA) is 57.1 Å². The number of likely N-dealkylation sites (tertiary alicyclic amines) is 1. The highest BCUT2D eigenvalue weighted by atomic mass is 35.5. The zero-order valence-electron chi connectivity index (χ0n) is 16.2. The van der Waals surface area contributed by atoms with Crippen LogP contribution in [-0.4, -0.2) is 48.2 Å². The van der Waals surface area contributed by atoms with Crippen LogP contribution in [0.2, 0.25) is 5.02 Å². The molecule has 0 aliphatic carbocycles. The molecule has 2 N–H and O–H groups in total. The number of rotatable bonds is 6. The van der Waals surface area contributed by atoms with Gasteiger partial charge in [-0.25, -0.2) is 0 Å². The normalized spacial score (nSPS) is 16.7. The molecule has 6 heteroatoms. The van der Waals surface area contributed by atoms with Crippen LogP contribution < -0.4 is 10.1 Å². The van der Waals surface area contributed by atoms with E-state index in [2.05, 4.69) is 22.1 Å². The van der Waals surface area contributed by atoms with E-state index in [0.29, 0.717) is 11.6 Å². The highest BCUT2D eigenvalue weighted by molar-refractivity contribution is 6.30. The number of hydrogen-bond donors (Lipinski definition) is 2. The summed E-state index contributed by atoms with van der Waals surface area (Å²) in [5.74, 6) is 1.77. The summed E-state index contributed by atoms with van der Waals surface area (Å²) in [5.41, 5.74) is 0.818. The molecule has 1 atom stereocenters. The second-order valence-corrected chi connectivity index (χ2v) is 7.32. The van der Waals surface area contributed by atoms with Crippen molar-refractivity contribution < 1.29 is 9.84 Å². The number of para-hydroxylation sites is 1. The number of piperidine rings is 1. The van der Waals surface area contributed by atoms with E-state index in [0.717, 1.165) is 49.7 Å². The van der Waals surface area contributed by atoms with Gasteiger partial charge in [-0.15, -0.1) is 0 Å². The van der Waals surface area contributed by atoms with E-state index in [1.54, 1.807) is 12.1 Å². The number of hydrogen-bond acceptors (Lipinski definition) is 3. The lowest BCUT2D eigenvalue weighted by Gasteiger charge is -2.34. The Bertz CT molecular complexity index is 744. The Morgan fingerprint density at radius 1 is 1.18 bits per heavy atom. The standard InChI is InChI=1S/C22H28ClN3O2/c1-2-24-22(25-16-21(27)17-8-10-18(23)11-9-17)26-14-12-20(13-15-26)28-19-6-4-3-5-7-19/h3-11,20-21,27H,2,12-16H2,1H3,(H,24,25). The summed E-state index contributed by atoms with van der Waals surface area (Å²) in [6, 6.07) is 17.2. The van der Waals surface area contributed by atoms with Crippen LogP contribution in [0.3, 0.4) is 0 Å². The van der Waals surface area contributed by atoms with E-state index in [4.69, 9.17) is 16.3 Å². The molecule has 1 aliphatic rings. The molecule has 1 heterocycles. The molecule has 2 aromatic carbocycles. The molecule has 2 aromatic rings. The molecule has 28 heavy (non-hydrogen) atoms. The molecule has 0 aromatic heterocycles. The van der Waals surface area contributed by atoms with Crippen LogP contribution in [0.5, 0.6) is 5.75 Å². The van der Waals surface area contributed by atoms with Crippen molar-refractivity contribution in [2.45, 2.75) is 32.0 Å². The number of nitrogens with zero attached hydrogens (tertiary/aromatic N) is 2. The summed E-state index contributed by atoms with van der Waals surface area (Å²) < 4.78 is 6.07. The second kappa shape index (κ2) is 10.3. The van der Waals surface area contributed by atoms with Crippen molar-refractivity contribution in [2.24, 2.45) is 4.99 Å². The second-order valence-electron chi connectivity index (χ2n) is 6.88. The summed E-state index contributed by atoms with van der Waals surface area (Å²) in [6.45, 7) is 4.90. The number of halogens is 1. The van der Waals surface area contributed by atoms with Crippen LogP contribution in [-0.2, 0) is 0 Å².